The standard InChI is InChI=1S/C30H51NO5/c1-6-8-9-10-11-12-13-14-15-16-21-36-28(35)29(3,4)23-30(5,7-2)27(34)31-20-19-24-17-18-25(32)26(33)22-24/h17-18,22,32-33H,6-16,19-21,23H2,1-5H3,(H,31,34). The first kappa shape index (κ1) is 31.8. The molecule has 0 bridgehead atoms. The van der Waals surface area contributed by atoms with Gasteiger partial charge in [0.1, 0.15) is 0 Å². The van der Waals surface area contributed by atoms with Gasteiger partial charge in [-0.05, 0) is 57.2 Å². The van der Waals surface area contributed by atoms with Crippen LogP contribution < -0.4 is 5.32 Å². The minimum atomic E-state index is -0.761. The number of phenols is 2. The molecule has 1 aromatic carbocycles. The van der Waals surface area contributed by atoms with E-state index in [2.05, 4.69) is 12.2 Å². The second kappa shape index (κ2) is 16.5. The highest BCUT2D eigenvalue weighted by Crippen LogP contribution is 2.37. The molecule has 0 aliphatic carbocycles. The number of carbonyl (C=O) groups is 2. The summed E-state index contributed by atoms with van der Waals surface area (Å²) in [5.74, 6) is -0.673. The van der Waals surface area contributed by atoms with E-state index in [9.17, 15) is 19.8 Å². The van der Waals surface area contributed by atoms with Gasteiger partial charge in [-0.1, -0.05) is 84.6 Å². The molecule has 36 heavy (non-hydrogen) atoms. The van der Waals surface area contributed by atoms with Crippen LogP contribution in [0.2, 0.25) is 0 Å². The molecule has 1 aromatic rings. The summed E-state index contributed by atoms with van der Waals surface area (Å²) in [7, 11) is 0. The van der Waals surface area contributed by atoms with Crippen LogP contribution in [0.25, 0.3) is 0 Å². The summed E-state index contributed by atoms with van der Waals surface area (Å²) in [6.07, 6.45) is 13.9. The zero-order valence-corrected chi connectivity index (χ0v) is 23.5. The number of unbranched alkanes of at least 4 members (excludes halogenated alkanes) is 9. The quantitative estimate of drug-likeness (QED) is 0.106. The minimum Gasteiger partial charge on any atom is -0.504 e. The van der Waals surface area contributed by atoms with Crippen molar-refractivity contribution in [2.24, 2.45) is 10.8 Å². The molecule has 1 rings (SSSR count). The van der Waals surface area contributed by atoms with Gasteiger partial charge in [-0.2, -0.15) is 0 Å². The molecule has 0 aliphatic rings. The van der Waals surface area contributed by atoms with Gasteiger partial charge in [0.2, 0.25) is 5.91 Å². The van der Waals surface area contributed by atoms with Crippen LogP contribution in [0.1, 0.15) is 117 Å². The van der Waals surface area contributed by atoms with Crippen LogP contribution in [0.15, 0.2) is 18.2 Å². The topological polar surface area (TPSA) is 95.9 Å². The van der Waals surface area contributed by atoms with Crippen molar-refractivity contribution in [3.8, 4) is 11.5 Å². The number of hydrogen-bond donors (Lipinski definition) is 3. The van der Waals surface area contributed by atoms with E-state index in [1.807, 2.05) is 27.7 Å². The number of ether oxygens (including phenoxy) is 1. The maximum absolute atomic E-state index is 13.0. The minimum absolute atomic E-state index is 0.0939. The number of hydrogen-bond acceptors (Lipinski definition) is 5. The van der Waals surface area contributed by atoms with Crippen LogP contribution in [0.5, 0.6) is 11.5 Å². The van der Waals surface area contributed by atoms with Crippen LogP contribution in [0.4, 0.5) is 0 Å². The third-order valence-electron chi connectivity index (χ3n) is 7.18. The Morgan fingerprint density at radius 3 is 2.00 bits per heavy atom. The summed E-state index contributed by atoms with van der Waals surface area (Å²) in [5, 5.41) is 22.0. The van der Waals surface area contributed by atoms with Crippen LogP contribution in [-0.4, -0.2) is 35.2 Å². The van der Waals surface area contributed by atoms with Crippen molar-refractivity contribution in [3.63, 3.8) is 0 Å². The lowest BCUT2D eigenvalue weighted by Gasteiger charge is -2.34. The third kappa shape index (κ3) is 11.7. The first-order valence-electron chi connectivity index (χ1n) is 14.0. The third-order valence-corrected chi connectivity index (χ3v) is 7.18. The van der Waals surface area contributed by atoms with E-state index < -0.39 is 10.8 Å². The molecule has 0 saturated heterocycles. The van der Waals surface area contributed by atoms with Crippen LogP contribution in [0.3, 0.4) is 0 Å². The molecule has 0 heterocycles. The normalized spacial score (nSPS) is 13.2. The second-order valence-electron chi connectivity index (χ2n) is 11.1. The highest BCUT2D eigenvalue weighted by molar-refractivity contribution is 5.84. The predicted molar refractivity (Wildman–Crippen MR) is 146 cm³/mol. The summed E-state index contributed by atoms with van der Waals surface area (Å²) in [6.45, 7) is 10.6. The SMILES string of the molecule is CCCCCCCCCCCCOC(=O)C(C)(C)CC(C)(CC)C(=O)NCCc1ccc(O)c(O)c1. The number of carbonyl (C=O) groups excluding carboxylic acids is 2. The Bertz CT molecular complexity index is 792. The largest absolute Gasteiger partial charge is 0.504 e. The molecular weight excluding hydrogens is 454 g/mol. The van der Waals surface area contributed by atoms with E-state index >= 15 is 0 Å². The molecule has 0 fully saturated rings. The Labute approximate surface area is 219 Å². The van der Waals surface area contributed by atoms with Crippen molar-refractivity contribution in [1.82, 2.24) is 5.32 Å². The van der Waals surface area contributed by atoms with Crippen molar-refractivity contribution >= 4 is 11.9 Å². The molecule has 1 unspecified atom stereocenters. The Morgan fingerprint density at radius 2 is 1.44 bits per heavy atom. The fourth-order valence-corrected chi connectivity index (χ4v) is 4.62. The van der Waals surface area contributed by atoms with Crippen molar-refractivity contribution in [1.29, 1.82) is 0 Å². The van der Waals surface area contributed by atoms with E-state index in [0.717, 1.165) is 18.4 Å². The van der Waals surface area contributed by atoms with E-state index in [4.69, 9.17) is 4.74 Å². The van der Waals surface area contributed by atoms with Crippen molar-refractivity contribution in [2.45, 2.75) is 118 Å². The fourth-order valence-electron chi connectivity index (χ4n) is 4.62. The molecule has 6 nitrogen and oxygen atoms in total. The van der Waals surface area contributed by atoms with E-state index in [-0.39, 0.29) is 23.4 Å². The molecule has 0 aliphatic heterocycles. The van der Waals surface area contributed by atoms with Crippen LogP contribution >= 0.6 is 0 Å². The van der Waals surface area contributed by atoms with E-state index in [1.54, 1.807) is 6.07 Å². The predicted octanol–water partition coefficient (Wildman–Crippen LogP) is 7.05. The van der Waals surface area contributed by atoms with Gasteiger partial charge in [-0.25, -0.2) is 0 Å². The first-order chi connectivity index (χ1) is 17.1. The molecule has 1 atom stereocenters. The smallest absolute Gasteiger partial charge is 0.311 e. The molecular formula is C30H51NO5. The van der Waals surface area contributed by atoms with Gasteiger partial charge < -0.3 is 20.3 Å². The van der Waals surface area contributed by atoms with Gasteiger partial charge in [0.05, 0.1) is 12.0 Å². The van der Waals surface area contributed by atoms with Gasteiger partial charge in [0, 0.05) is 12.0 Å². The maximum atomic E-state index is 13.0. The van der Waals surface area contributed by atoms with Crippen molar-refractivity contribution in [3.05, 3.63) is 23.8 Å². The summed E-state index contributed by atoms with van der Waals surface area (Å²) in [5.41, 5.74) is -0.639. The Hall–Kier alpha value is -2.24. The van der Waals surface area contributed by atoms with Crippen molar-refractivity contribution < 1.29 is 24.5 Å². The monoisotopic (exact) mass is 505 g/mol. The first-order valence-corrected chi connectivity index (χ1v) is 14.0. The van der Waals surface area contributed by atoms with E-state index in [1.165, 1.54) is 63.5 Å². The summed E-state index contributed by atoms with van der Waals surface area (Å²) in [6, 6.07) is 4.65. The lowest BCUT2D eigenvalue weighted by atomic mass is 9.72. The molecule has 0 radical (unpaired) electrons. The summed E-state index contributed by atoms with van der Waals surface area (Å²) >= 11 is 0. The number of esters is 1. The van der Waals surface area contributed by atoms with Gasteiger partial charge in [0.25, 0.3) is 0 Å². The van der Waals surface area contributed by atoms with Gasteiger partial charge in [-0.3, -0.25) is 9.59 Å². The lowest BCUT2D eigenvalue weighted by molar-refractivity contribution is -0.157. The van der Waals surface area contributed by atoms with Gasteiger partial charge >= 0.3 is 5.97 Å². The molecule has 0 aromatic heterocycles. The number of aromatic hydroxyl groups is 2. The fraction of sp³-hybridized carbons (Fsp3) is 0.733. The number of phenolic OH excluding ortho intramolecular Hbond substituents is 2. The molecule has 1 amide bonds. The van der Waals surface area contributed by atoms with E-state index in [0.29, 0.717) is 32.4 Å². The summed E-state index contributed by atoms with van der Waals surface area (Å²) in [4.78, 5) is 25.8. The highest BCUT2D eigenvalue weighted by atomic mass is 16.5. The number of amides is 1. The maximum Gasteiger partial charge on any atom is 0.311 e. The highest BCUT2D eigenvalue weighted by Gasteiger charge is 2.41. The van der Waals surface area contributed by atoms with Crippen LogP contribution in [-0.2, 0) is 20.7 Å². The number of benzene rings is 1. The van der Waals surface area contributed by atoms with Gasteiger partial charge in [-0.15, -0.1) is 0 Å². The zero-order chi connectivity index (χ0) is 27.0. The molecule has 0 saturated carbocycles. The number of rotatable bonds is 19. The Morgan fingerprint density at radius 1 is 0.861 bits per heavy atom. The molecule has 206 valence electrons. The van der Waals surface area contributed by atoms with Crippen LogP contribution in [0, 0.1) is 10.8 Å². The van der Waals surface area contributed by atoms with Crippen molar-refractivity contribution in [2.75, 3.05) is 13.2 Å². The second-order valence-corrected chi connectivity index (χ2v) is 11.1. The number of nitrogens with one attached hydrogen (secondary N) is 1. The molecule has 0 spiro atoms. The molecule has 6 heteroatoms. The average Bonchev–Trinajstić information content (AvgIpc) is 2.84. The Balaban J connectivity index is 2.36. The zero-order valence-electron chi connectivity index (χ0n) is 23.5. The van der Waals surface area contributed by atoms with Gasteiger partial charge in [0.15, 0.2) is 11.5 Å². The Kier molecular flexibility index (Phi) is 14.6. The lowest BCUT2D eigenvalue weighted by Crippen LogP contribution is -2.44. The summed E-state index contributed by atoms with van der Waals surface area (Å²) < 4.78 is 5.59. The average molecular weight is 506 g/mol. The molecule has 3 N–H and O–H groups in total.